The van der Waals surface area contributed by atoms with Gasteiger partial charge in [0.25, 0.3) is 5.91 Å². The van der Waals surface area contributed by atoms with Crippen molar-refractivity contribution >= 4 is 22.7 Å². The summed E-state index contributed by atoms with van der Waals surface area (Å²) in [6, 6.07) is 12.1. The fourth-order valence-electron chi connectivity index (χ4n) is 4.68. The molecule has 6 nitrogen and oxygen atoms in total. The number of pyridine rings is 1. The van der Waals surface area contributed by atoms with Crippen molar-refractivity contribution in [1.29, 1.82) is 0 Å². The van der Waals surface area contributed by atoms with Gasteiger partial charge in [-0.1, -0.05) is 38.3 Å². The maximum absolute atomic E-state index is 12.1. The maximum Gasteiger partial charge on any atom is 0.267 e. The van der Waals surface area contributed by atoms with Crippen LogP contribution in [-0.2, 0) is 12.8 Å². The summed E-state index contributed by atoms with van der Waals surface area (Å²) in [5.41, 5.74) is 11.5. The number of amides is 1. The minimum atomic E-state index is -0.448. The third-order valence-corrected chi connectivity index (χ3v) is 6.17. The summed E-state index contributed by atoms with van der Waals surface area (Å²) in [6.45, 7) is 1.98. The van der Waals surface area contributed by atoms with Gasteiger partial charge in [-0.25, -0.2) is 9.97 Å². The molecule has 1 aliphatic carbocycles. The number of aromatic nitrogens is 3. The number of imidazole rings is 1. The van der Waals surface area contributed by atoms with E-state index in [9.17, 15) is 4.79 Å². The minimum Gasteiger partial charge on any atom is -0.440 e. The Labute approximate surface area is 175 Å². The van der Waals surface area contributed by atoms with Crippen LogP contribution in [0.1, 0.15) is 78.3 Å². The summed E-state index contributed by atoms with van der Waals surface area (Å²) < 4.78 is 7.95. The second-order valence-electron chi connectivity index (χ2n) is 8.20. The van der Waals surface area contributed by atoms with Crippen LogP contribution in [0.2, 0.25) is 0 Å². The predicted molar refractivity (Wildman–Crippen MR) is 116 cm³/mol. The lowest BCUT2D eigenvalue weighted by Crippen LogP contribution is -2.17. The zero-order valence-corrected chi connectivity index (χ0v) is 17.2. The number of nitrogens with zero attached hydrogens (tertiary/aromatic N) is 3. The van der Waals surface area contributed by atoms with Crippen molar-refractivity contribution in [3.05, 3.63) is 64.9 Å². The summed E-state index contributed by atoms with van der Waals surface area (Å²) in [4.78, 5) is 21.5. The fraction of sp³-hybridized carbons (Fsp3) is 0.375. The van der Waals surface area contributed by atoms with Gasteiger partial charge in [-0.15, -0.1) is 0 Å². The number of carbonyl (C=O) groups is 1. The van der Waals surface area contributed by atoms with Crippen molar-refractivity contribution in [2.45, 2.75) is 57.8 Å². The first-order valence-corrected chi connectivity index (χ1v) is 10.8. The van der Waals surface area contributed by atoms with E-state index in [2.05, 4.69) is 17.1 Å². The van der Waals surface area contributed by atoms with Gasteiger partial charge in [0.15, 0.2) is 11.5 Å². The Bertz CT molecular complexity index is 1230. The zero-order valence-electron chi connectivity index (χ0n) is 17.2. The van der Waals surface area contributed by atoms with E-state index < -0.39 is 5.91 Å². The summed E-state index contributed by atoms with van der Waals surface area (Å²) in [5, 5.41) is 0. The molecule has 0 aliphatic heterocycles. The number of fused-ring (bicyclic) bond motifs is 2. The standard InChI is InChI=1S/C24H26N4O2/c1-2-18-22(23(25)29)28-17(9-6-10-21(28)26-18)13-15-11-12-20-19(14-15)27-24(30-20)16-7-4-3-5-8-16/h6,9-12,14,16H,2-5,7-8,13H2,1H3,(H2,25,29). The van der Waals surface area contributed by atoms with Crippen LogP contribution in [0, 0.1) is 0 Å². The Morgan fingerprint density at radius 3 is 2.77 bits per heavy atom. The molecule has 1 fully saturated rings. The molecular formula is C24H26N4O2. The highest BCUT2D eigenvalue weighted by Crippen LogP contribution is 2.34. The number of aryl methyl sites for hydroxylation is 1. The zero-order chi connectivity index (χ0) is 20.7. The van der Waals surface area contributed by atoms with Crippen molar-refractivity contribution in [3.8, 4) is 0 Å². The molecule has 0 radical (unpaired) electrons. The first-order valence-electron chi connectivity index (χ1n) is 10.8. The molecule has 1 aliphatic rings. The van der Waals surface area contributed by atoms with E-state index in [0.29, 0.717) is 24.5 Å². The first kappa shape index (κ1) is 18.9. The lowest BCUT2D eigenvalue weighted by Gasteiger charge is -2.17. The summed E-state index contributed by atoms with van der Waals surface area (Å²) in [7, 11) is 0. The van der Waals surface area contributed by atoms with Gasteiger partial charge in [0.2, 0.25) is 0 Å². The van der Waals surface area contributed by atoms with Crippen LogP contribution in [0.15, 0.2) is 40.8 Å². The van der Waals surface area contributed by atoms with E-state index in [0.717, 1.165) is 52.4 Å². The molecule has 0 unspecified atom stereocenters. The van der Waals surface area contributed by atoms with Crippen LogP contribution in [0.25, 0.3) is 16.7 Å². The third kappa shape index (κ3) is 3.26. The Kier molecular flexibility index (Phi) is 4.77. The molecule has 30 heavy (non-hydrogen) atoms. The van der Waals surface area contributed by atoms with Gasteiger partial charge in [-0.3, -0.25) is 9.20 Å². The lowest BCUT2D eigenvalue weighted by atomic mass is 9.89. The molecule has 1 amide bonds. The van der Waals surface area contributed by atoms with Gasteiger partial charge >= 0.3 is 0 Å². The van der Waals surface area contributed by atoms with Gasteiger partial charge in [0.05, 0.1) is 5.69 Å². The highest BCUT2D eigenvalue weighted by atomic mass is 16.3. The first-order chi connectivity index (χ1) is 14.6. The molecule has 154 valence electrons. The molecular weight excluding hydrogens is 376 g/mol. The fourth-order valence-corrected chi connectivity index (χ4v) is 4.68. The highest BCUT2D eigenvalue weighted by molar-refractivity contribution is 5.93. The molecule has 4 aromatic rings. The Balaban J connectivity index is 1.51. The topological polar surface area (TPSA) is 86.4 Å². The minimum absolute atomic E-state index is 0.444. The van der Waals surface area contributed by atoms with Crippen molar-refractivity contribution in [3.63, 3.8) is 0 Å². The number of nitrogens with two attached hydrogens (primary N) is 1. The van der Waals surface area contributed by atoms with E-state index in [-0.39, 0.29) is 0 Å². The van der Waals surface area contributed by atoms with Crippen LogP contribution in [0.5, 0.6) is 0 Å². The molecule has 5 rings (SSSR count). The third-order valence-electron chi connectivity index (χ3n) is 6.17. The largest absolute Gasteiger partial charge is 0.440 e. The number of primary amides is 1. The number of carbonyl (C=O) groups excluding carboxylic acids is 1. The van der Waals surface area contributed by atoms with E-state index in [4.69, 9.17) is 15.1 Å². The van der Waals surface area contributed by atoms with Crippen molar-refractivity contribution in [2.75, 3.05) is 0 Å². The normalized spacial score (nSPS) is 15.2. The van der Waals surface area contributed by atoms with Crippen LogP contribution in [0.3, 0.4) is 0 Å². The average molecular weight is 402 g/mol. The molecule has 0 bridgehead atoms. The van der Waals surface area contributed by atoms with Crippen LogP contribution in [0.4, 0.5) is 0 Å². The van der Waals surface area contributed by atoms with Crippen molar-refractivity contribution in [1.82, 2.24) is 14.4 Å². The lowest BCUT2D eigenvalue weighted by molar-refractivity contribution is 0.0993. The molecule has 2 N–H and O–H groups in total. The van der Waals surface area contributed by atoms with Gasteiger partial charge in [0.1, 0.15) is 16.9 Å². The van der Waals surface area contributed by atoms with Crippen LogP contribution < -0.4 is 5.73 Å². The van der Waals surface area contributed by atoms with E-state index in [1.165, 1.54) is 19.3 Å². The Hall–Kier alpha value is -3.15. The quantitative estimate of drug-likeness (QED) is 0.521. The Morgan fingerprint density at radius 2 is 2.00 bits per heavy atom. The van der Waals surface area contributed by atoms with Gasteiger partial charge in [0, 0.05) is 18.0 Å². The summed E-state index contributed by atoms with van der Waals surface area (Å²) in [6.07, 6.45) is 7.47. The van der Waals surface area contributed by atoms with E-state index >= 15 is 0 Å². The molecule has 0 spiro atoms. The van der Waals surface area contributed by atoms with E-state index in [1.807, 2.05) is 35.6 Å². The number of benzene rings is 1. The molecule has 0 atom stereocenters. The van der Waals surface area contributed by atoms with Crippen molar-refractivity contribution < 1.29 is 9.21 Å². The van der Waals surface area contributed by atoms with E-state index in [1.54, 1.807) is 0 Å². The molecule has 6 heteroatoms. The predicted octanol–water partition coefficient (Wildman–Crippen LogP) is 4.78. The number of oxazole rings is 1. The van der Waals surface area contributed by atoms with Crippen molar-refractivity contribution in [2.24, 2.45) is 5.73 Å². The number of hydrogen-bond acceptors (Lipinski definition) is 4. The van der Waals surface area contributed by atoms with Crippen LogP contribution >= 0.6 is 0 Å². The number of rotatable bonds is 5. The SMILES string of the molecule is CCc1nc2cccc(Cc3ccc4oc(C5CCCCC5)nc4c3)n2c1C(N)=O. The van der Waals surface area contributed by atoms with Gasteiger partial charge in [-0.2, -0.15) is 0 Å². The molecule has 3 heterocycles. The van der Waals surface area contributed by atoms with Crippen LogP contribution in [-0.4, -0.2) is 20.3 Å². The molecule has 3 aromatic heterocycles. The average Bonchev–Trinajstić information content (AvgIpc) is 3.36. The Morgan fingerprint density at radius 1 is 1.17 bits per heavy atom. The highest BCUT2D eigenvalue weighted by Gasteiger charge is 2.21. The number of hydrogen-bond donors (Lipinski definition) is 1. The monoisotopic (exact) mass is 402 g/mol. The second kappa shape index (κ2) is 7.59. The smallest absolute Gasteiger partial charge is 0.267 e. The van der Waals surface area contributed by atoms with Gasteiger partial charge in [-0.05, 0) is 49.1 Å². The van der Waals surface area contributed by atoms with Gasteiger partial charge < -0.3 is 10.2 Å². The summed E-state index contributed by atoms with van der Waals surface area (Å²) >= 11 is 0. The molecule has 1 aromatic carbocycles. The molecule has 0 saturated heterocycles. The maximum atomic E-state index is 12.1. The summed E-state index contributed by atoms with van der Waals surface area (Å²) in [5.74, 6) is 0.873. The second-order valence-corrected chi connectivity index (χ2v) is 8.20. The molecule has 1 saturated carbocycles.